The second-order valence-electron chi connectivity index (χ2n) is 3.79. The fourth-order valence-electron chi connectivity index (χ4n) is 1.40. The number of rotatable bonds is 2. The van der Waals surface area contributed by atoms with Crippen molar-refractivity contribution in [3.63, 3.8) is 0 Å². The first kappa shape index (κ1) is 11.7. The largest absolute Gasteiger partial charge is 0.353 e. The molecule has 1 aliphatic heterocycles. The van der Waals surface area contributed by atoms with Gasteiger partial charge in [0.2, 0.25) is 5.96 Å². The second kappa shape index (κ2) is 6.14. The van der Waals surface area contributed by atoms with Crippen molar-refractivity contribution in [1.29, 1.82) is 0 Å². The number of hydrogen-bond acceptors (Lipinski definition) is 3. The van der Waals surface area contributed by atoms with Gasteiger partial charge >= 0.3 is 0 Å². The minimum Gasteiger partial charge on any atom is -0.353 e. The lowest BCUT2D eigenvalue weighted by atomic mass is 10.2. The zero-order valence-electron chi connectivity index (χ0n) is 8.92. The Morgan fingerprint density at radius 2 is 2.36 bits per heavy atom. The predicted molar refractivity (Wildman–Crippen MR) is 63.4 cm³/mol. The molecule has 0 aromatic heterocycles. The number of nitrogens with two attached hydrogens (primary N) is 1. The first-order valence-electron chi connectivity index (χ1n) is 5.11. The van der Waals surface area contributed by atoms with Crippen molar-refractivity contribution < 1.29 is 0 Å². The first-order valence-corrected chi connectivity index (χ1v) is 6.26. The molecule has 0 saturated carbocycles. The van der Waals surface area contributed by atoms with Crippen LogP contribution in [0, 0.1) is 0 Å². The van der Waals surface area contributed by atoms with Gasteiger partial charge in [0, 0.05) is 11.8 Å². The first-order chi connectivity index (χ1) is 6.72. The molecule has 1 aliphatic rings. The van der Waals surface area contributed by atoms with E-state index in [2.05, 4.69) is 29.6 Å². The van der Waals surface area contributed by atoms with E-state index in [1.165, 1.54) is 18.6 Å². The average Bonchev–Trinajstić information content (AvgIpc) is 2.17. The van der Waals surface area contributed by atoms with Crippen molar-refractivity contribution in [2.75, 3.05) is 11.5 Å². The minimum absolute atomic E-state index is 0.362. The normalized spacial score (nSPS) is 23.7. The van der Waals surface area contributed by atoms with Gasteiger partial charge < -0.3 is 5.32 Å². The maximum Gasteiger partial charge on any atom is 0.206 e. The average molecular weight is 216 g/mol. The van der Waals surface area contributed by atoms with Crippen molar-refractivity contribution in [2.24, 2.45) is 10.8 Å². The van der Waals surface area contributed by atoms with Gasteiger partial charge in [0.15, 0.2) is 0 Å². The summed E-state index contributed by atoms with van der Waals surface area (Å²) in [4.78, 5) is 4.54. The Morgan fingerprint density at radius 3 is 2.86 bits per heavy atom. The van der Waals surface area contributed by atoms with Crippen LogP contribution in [-0.4, -0.2) is 29.5 Å². The molecule has 0 bridgehead atoms. The molecule has 1 heterocycles. The fraction of sp³-hybridized carbons (Fsp3) is 0.889. The summed E-state index contributed by atoms with van der Waals surface area (Å²) in [5.74, 6) is 8.49. The van der Waals surface area contributed by atoms with Crippen LogP contribution in [0.2, 0.25) is 0 Å². The summed E-state index contributed by atoms with van der Waals surface area (Å²) in [5, 5.41) is 3.18. The molecule has 0 aromatic rings. The SMILES string of the molecule is CC(C)NC(=NC1CCCSC1)NN. The van der Waals surface area contributed by atoms with Gasteiger partial charge in [-0.3, -0.25) is 5.43 Å². The quantitative estimate of drug-likeness (QED) is 0.275. The molecular weight excluding hydrogens is 196 g/mol. The summed E-state index contributed by atoms with van der Waals surface area (Å²) in [6.45, 7) is 4.14. The van der Waals surface area contributed by atoms with Crippen LogP contribution in [0.15, 0.2) is 4.99 Å². The standard InChI is InChI=1S/C9H20N4S/c1-7(2)11-9(13-10)12-8-4-3-5-14-6-8/h7-8H,3-6,10H2,1-2H3,(H2,11,12,13). The van der Waals surface area contributed by atoms with Crippen LogP contribution in [0.25, 0.3) is 0 Å². The third kappa shape index (κ3) is 4.19. The van der Waals surface area contributed by atoms with Gasteiger partial charge in [-0.25, -0.2) is 10.8 Å². The number of thioether (sulfide) groups is 1. The Hall–Kier alpha value is -0.420. The minimum atomic E-state index is 0.362. The number of hydrazine groups is 1. The van der Waals surface area contributed by atoms with E-state index in [1.54, 1.807) is 0 Å². The Kier molecular flexibility index (Phi) is 5.11. The number of aliphatic imine (C=N–C) groups is 1. The molecule has 1 rings (SSSR count). The molecule has 1 saturated heterocycles. The van der Waals surface area contributed by atoms with Crippen LogP contribution < -0.4 is 16.6 Å². The monoisotopic (exact) mass is 216 g/mol. The molecule has 5 heteroatoms. The maximum absolute atomic E-state index is 5.39. The summed E-state index contributed by atoms with van der Waals surface area (Å²) >= 11 is 1.97. The predicted octanol–water partition coefficient (Wildman–Crippen LogP) is 0.699. The zero-order valence-corrected chi connectivity index (χ0v) is 9.73. The molecular formula is C9H20N4S. The van der Waals surface area contributed by atoms with Crippen molar-refractivity contribution in [2.45, 2.75) is 38.8 Å². The fourth-order valence-corrected chi connectivity index (χ4v) is 2.45. The molecule has 14 heavy (non-hydrogen) atoms. The molecule has 0 amide bonds. The molecule has 1 atom stereocenters. The van der Waals surface area contributed by atoms with Gasteiger partial charge in [0.1, 0.15) is 0 Å². The van der Waals surface area contributed by atoms with Crippen LogP contribution in [-0.2, 0) is 0 Å². The summed E-state index contributed by atoms with van der Waals surface area (Å²) in [7, 11) is 0. The van der Waals surface area contributed by atoms with E-state index in [0.29, 0.717) is 18.0 Å². The van der Waals surface area contributed by atoms with Gasteiger partial charge in [-0.05, 0) is 32.4 Å². The summed E-state index contributed by atoms with van der Waals surface area (Å²) < 4.78 is 0. The Labute approximate surface area is 90.1 Å². The lowest BCUT2D eigenvalue weighted by Gasteiger charge is -2.20. The molecule has 0 aromatic carbocycles. The van der Waals surface area contributed by atoms with E-state index in [-0.39, 0.29) is 0 Å². The number of guanidine groups is 1. The Morgan fingerprint density at radius 1 is 1.57 bits per heavy atom. The molecule has 0 aliphatic carbocycles. The van der Waals surface area contributed by atoms with E-state index in [9.17, 15) is 0 Å². The van der Waals surface area contributed by atoms with Gasteiger partial charge in [0.05, 0.1) is 6.04 Å². The third-order valence-corrected chi connectivity index (χ3v) is 3.21. The van der Waals surface area contributed by atoms with Crippen LogP contribution in [0.5, 0.6) is 0 Å². The highest BCUT2D eigenvalue weighted by molar-refractivity contribution is 7.99. The smallest absolute Gasteiger partial charge is 0.206 e. The highest BCUT2D eigenvalue weighted by Gasteiger charge is 2.13. The number of hydrogen-bond donors (Lipinski definition) is 3. The Bertz CT molecular complexity index is 187. The highest BCUT2D eigenvalue weighted by atomic mass is 32.2. The van der Waals surface area contributed by atoms with Gasteiger partial charge in [-0.15, -0.1) is 0 Å². The lowest BCUT2D eigenvalue weighted by molar-refractivity contribution is 0.629. The molecule has 1 fully saturated rings. The summed E-state index contributed by atoms with van der Waals surface area (Å²) in [6.07, 6.45) is 2.44. The van der Waals surface area contributed by atoms with Crippen LogP contribution >= 0.6 is 11.8 Å². The van der Waals surface area contributed by atoms with Gasteiger partial charge in [-0.2, -0.15) is 11.8 Å². The van der Waals surface area contributed by atoms with E-state index in [1.807, 2.05) is 11.8 Å². The van der Waals surface area contributed by atoms with Gasteiger partial charge in [-0.1, -0.05) is 0 Å². The van der Waals surface area contributed by atoms with Crippen molar-refractivity contribution in [3.8, 4) is 0 Å². The number of nitrogens with one attached hydrogen (secondary N) is 2. The molecule has 4 N–H and O–H groups in total. The highest BCUT2D eigenvalue weighted by Crippen LogP contribution is 2.19. The van der Waals surface area contributed by atoms with Crippen LogP contribution in [0.1, 0.15) is 26.7 Å². The lowest BCUT2D eigenvalue weighted by Crippen LogP contribution is -2.45. The van der Waals surface area contributed by atoms with Crippen molar-refractivity contribution in [3.05, 3.63) is 0 Å². The Balaban J connectivity index is 2.43. The number of nitrogens with zero attached hydrogens (tertiary/aromatic N) is 1. The third-order valence-electron chi connectivity index (χ3n) is 2.01. The summed E-state index contributed by atoms with van der Waals surface area (Å²) in [5.41, 5.74) is 2.61. The maximum atomic E-state index is 5.39. The molecule has 4 nitrogen and oxygen atoms in total. The van der Waals surface area contributed by atoms with E-state index in [0.717, 1.165) is 5.75 Å². The topological polar surface area (TPSA) is 62.4 Å². The van der Waals surface area contributed by atoms with E-state index >= 15 is 0 Å². The van der Waals surface area contributed by atoms with Crippen molar-refractivity contribution >= 4 is 17.7 Å². The summed E-state index contributed by atoms with van der Waals surface area (Å²) in [6, 6.07) is 0.784. The molecule has 1 unspecified atom stereocenters. The van der Waals surface area contributed by atoms with Gasteiger partial charge in [0.25, 0.3) is 0 Å². The zero-order chi connectivity index (χ0) is 10.4. The van der Waals surface area contributed by atoms with Crippen LogP contribution in [0.4, 0.5) is 0 Å². The molecule has 0 radical (unpaired) electrons. The van der Waals surface area contributed by atoms with E-state index in [4.69, 9.17) is 5.84 Å². The second-order valence-corrected chi connectivity index (χ2v) is 4.94. The van der Waals surface area contributed by atoms with E-state index < -0.39 is 0 Å². The van der Waals surface area contributed by atoms with Crippen LogP contribution in [0.3, 0.4) is 0 Å². The van der Waals surface area contributed by atoms with Crippen molar-refractivity contribution in [1.82, 2.24) is 10.7 Å². The molecule has 82 valence electrons. The molecule has 0 spiro atoms.